The van der Waals surface area contributed by atoms with Gasteiger partial charge in [0.2, 0.25) is 0 Å². The number of rotatable bonds is 3. The van der Waals surface area contributed by atoms with Crippen LogP contribution in [0.2, 0.25) is 5.15 Å². The Labute approximate surface area is 111 Å². The summed E-state index contributed by atoms with van der Waals surface area (Å²) in [6.07, 6.45) is 1.52. The average Bonchev–Trinajstić information content (AvgIpc) is 2.38. The molecule has 18 heavy (non-hydrogen) atoms. The van der Waals surface area contributed by atoms with Gasteiger partial charge in [0.05, 0.1) is 0 Å². The van der Waals surface area contributed by atoms with Crippen molar-refractivity contribution in [3.05, 3.63) is 64.4 Å². The lowest BCUT2D eigenvalue weighted by Gasteiger charge is -2.05. The van der Waals surface area contributed by atoms with Gasteiger partial charge in [0.15, 0.2) is 0 Å². The fourth-order valence-corrected chi connectivity index (χ4v) is 1.71. The molecule has 1 aromatic carbocycles. The standard InChI is InChI=1S/C14H13ClN2O/c1-10-2-4-11(5-3-10)9-17-14(18)12-6-7-16-13(15)8-12/h2-8H,9H2,1H3,(H,17,18). The van der Waals surface area contributed by atoms with E-state index in [2.05, 4.69) is 10.3 Å². The number of nitrogens with zero attached hydrogens (tertiary/aromatic N) is 1. The van der Waals surface area contributed by atoms with Crippen molar-refractivity contribution in [3.8, 4) is 0 Å². The number of nitrogens with one attached hydrogen (secondary N) is 1. The van der Waals surface area contributed by atoms with Crippen LogP contribution in [0.4, 0.5) is 0 Å². The molecule has 0 unspecified atom stereocenters. The van der Waals surface area contributed by atoms with E-state index in [0.717, 1.165) is 5.56 Å². The molecule has 0 aliphatic rings. The van der Waals surface area contributed by atoms with Crippen molar-refractivity contribution < 1.29 is 4.79 Å². The summed E-state index contributed by atoms with van der Waals surface area (Å²) in [4.78, 5) is 15.7. The quantitative estimate of drug-likeness (QED) is 0.862. The van der Waals surface area contributed by atoms with Crippen LogP contribution in [0.3, 0.4) is 0 Å². The summed E-state index contributed by atoms with van der Waals surface area (Å²) in [7, 11) is 0. The number of hydrogen-bond donors (Lipinski definition) is 1. The molecular weight excluding hydrogens is 248 g/mol. The van der Waals surface area contributed by atoms with Crippen molar-refractivity contribution in [2.75, 3.05) is 0 Å². The molecule has 0 atom stereocenters. The maximum atomic E-state index is 11.8. The third kappa shape index (κ3) is 3.31. The Hall–Kier alpha value is -1.87. The van der Waals surface area contributed by atoms with Gasteiger partial charge >= 0.3 is 0 Å². The van der Waals surface area contributed by atoms with Crippen LogP contribution in [0.25, 0.3) is 0 Å². The molecule has 0 spiro atoms. The number of benzene rings is 1. The fraction of sp³-hybridized carbons (Fsp3) is 0.143. The van der Waals surface area contributed by atoms with E-state index in [1.807, 2.05) is 31.2 Å². The highest BCUT2D eigenvalue weighted by Gasteiger charge is 2.05. The molecule has 1 N–H and O–H groups in total. The zero-order chi connectivity index (χ0) is 13.0. The highest BCUT2D eigenvalue weighted by molar-refractivity contribution is 6.29. The minimum Gasteiger partial charge on any atom is -0.348 e. The molecule has 0 saturated carbocycles. The van der Waals surface area contributed by atoms with Crippen LogP contribution >= 0.6 is 11.6 Å². The molecular formula is C14H13ClN2O. The summed E-state index contributed by atoms with van der Waals surface area (Å²) in [5.41, 5.74) is 2.78. The second-order valence-electron chi connectivity index (χ2n) is 4.04. The molecule has 0 aliphatic heterocycles. The van der Waals surface area contributed by atoms with E-state index in [1.165, 1.54) is 11.8 Å². The number of aromatic nitrogens is 1. The monoisotopic (exact) mass is 260 g/mol. The Morgan fingerprint density at radius 2 is 2.00 bits per heavy atom. The number of hydrogen-bond acceptors (Lipinski definition) is 2. The van der Waals surface area contributed by atoms with Crippen LogP contribution in [0, 0.1) is 6.92 Å². The zero-order valence-electron chi connectivity index (χ0n) is 9.98. The van der Waals surface area contributed by atoms with E-state index in [1.54, 1.807) is 12.1 Å². The zero-order valence-corrected chi connectivity index (χ0v) is 10.7. The lowest BCUT2D eigenvalue weighted by molar-refractivity contribution is 0.0951. The normalized spacial score (nSPS) is 10.1. The molecule has 1 amide bonds. The Morgan fingerprint density at radius 1 is 1.28 bits per heavy atom. The first-order valence-electron chi connectivity index (χ1n) is 5.60. The SMILES string of the molecule is Cc1ccc(CNC(=O)c2ccnc(Cl)c2)cc1. The molecule has 0 radical (unpaired) electrons. The first kappa shape index (κ1) is 12.6. The van der Waals surface area contributed by atoms with Crippen molar-refractivity contribution in [2.24, 2.45) is 0 Å². The molecule has 3 nitrogen and oxygen atoms in total. The minimum absolute atomic E-state index is 0.153. The van der Waals surface area contributed by atoms with E-state index < -0.39 is 0 Å². The highest BCUT2D eigenvalue weighted by atomic mass is 35.5. The van der Waals surface area contributed by atoms with Crippen molar-refractivity contribution in [1.82, 2.24) is 10.3 Å². The topological polar surface area (TPSA) is 42.0 Å². The lowest BCUT2D eigenvalue weighted by atomic mass is 10.1. The molecule has 1 aromatic heterocycles. The summed E-state index contributed by atoms with van der Waals surface area (Å²) in [6, 6.07) is 11.2. The van der Waals surface area contributed by atoms with E-state index in [4.69, 9.17) is 11.6 Å². The molecule has 2 aromatic rings. The van der Waals surface area contributed by atoms with Gasteiger partial charge in [-0.15, -0.1) is 0 Å². The fourth-order valence-electron chi connectivity index (χ4n) is 1.53. The van der Waals surface area contributed by atoms with Crippen molar-refractivity contribution >= 4 is 17.5 Å². The maximum absolute atomic E-state index is 11.8. The summed E-state index contributed by atoms with van der Waals surface area (Å²) in [5, 5.41) is 3.15. The molecule has 0 aliphatic carbocycles. The lowest BCUT2D eigenvalue weighted by Crippen LogP contribution is -2.22. The highest BCUT2D eigenvalue weighted by Crippen LogP contribution is 2.07. The Bertz CT molecular complexity index is 552. The van der Waals surface area contributed by atoms with Gasteiger partial charge in [0.1, 0.15) is 5.15 Å². The number of aryl methyl sites for hydroxylation is 1. The maximum Gasteiger partial charge on any atom is 0.251 e. The van der Waals surface area contributed by atoms with Crippen LogP contribution < -0.4 is 5.32 Å². The van der Waals surface area contributed by atoms with Gasteiger partial charge in [0, 0.05) is 18.3 Å². The number of pyridine rings is 1. The summed E-state index contributed by atoms with van der Waals surface area (Å²) in [5.74, 6) is -0.153. The Kier molecular flexibility index (Phi) is 3.95. The molecule has 2 rings (SSSR count). The average molecular weight is 261 g/mol. The van der Waals surface area contributed by atoms with E-state index in [9.17, 15) is 4.79 Å². The first-order valence-corrected chi connectivity index (χ1v) is 5.98. The van der Waals surface area contributed by atoms with E-state index in [-0.39, 0.29) is 5.91 Å². The van der Waals surface area contributed by atoms with Gasteiger partial charge in [-0.1, -0.05) is 41.4 Å². The molecule has 4 heteroatoms. The molecule has 0 bridgehead atoms. The van der Waals surface area contributed by atoms with Gasteiger partial charge in [-0.05, 0) is 24.6 Å². The van der Waals surface area contributed by atoms with Crippen molar-refractivity contribution in [3.63, 3.8) is 0 Å². The predicted octanol–water partition coefficient (Wildman–Crippen LogP) is 2.97. The summed E-state index contributed by atoms with van der Waals surface area (Å²) >= 11 is 5.73. The number of carbonyl (C=O) groups is 1. The van der Waals surface area contributed by atoms with Gasteiger partial charge in [-0.25, -0.2) is 4.98 Å². The predicted molar refractivity (Wildman–Crippen MR) is 71.6 cm³/mol. The molecule has 0 saturated heterocycles. The van der Waals surface area contributed by atoms with Gasteiger partial charge in [-0.3, -0.25) is 4.79 Å². The van der Waals surface area contributed by atoms with Crippen LogP contribution in [-0.2, 0) is 6.54 Å². The van der Waals surface area contributed by atoms with Gasteiger partial charge in [0.25, 0.3) is 5.91 Å². The molecule has 92 valence electrons. The largest absolute Gasteiger partial charge is 0.348 e. The summed E-state index contributed by atoms with van der Waals surface area (Å²) in [6.45, 7) is 2.53. The van der Waals surface area contributed by atoms with Crippen LogP contribution in [0.1, 0.15) is 21.5 Å². The van der Waals surface area contributed by atoms with Crippen molar-refractivity contribution in [1.29, 1.82) is 0 Å². The minimum atomic E-state index is -0.153. The Morgan fingerprint density at radius 3 is 2.67 bits per heavy atom. The first-order chi connectivity index (χ1) is 8.65. The van der Waals surface area contributed by atoms with Gasteiger partial charge < -0.3 is 5.32 Å². The van der Waals surface area contributed by atoms with Crippen LogP contribution in [-0.4, -0.2) is 10.9 Å². The van der Waals surface area contributed by atoms with E-state index >= 15 is 0 Å². The third-order valence-corrected chi connectivity index (χ3v) is 2.77. The molecule has 1 heterocycles. The second-order valence-corrected chi connectivity index (χ2v) is 4.42. The Balaban J connectivity index is 1.98. The smallest absolute Gasteiger partial charge is 0.251 e. The molecule has 0 fully saturated rings. The number of halogens is 1. The summed E-state index contributed by atoms with van der Waals surface area (Å²) < 4.78 is 0. The number of amides is 1. The number of carbonyl (C=O) groups excluding carboxylic acids is 1. The van der Waals surface area contributed by atoms with Crippen LogP contribution in [0.15, 0.2) is 42.6 Å². The third-order valence-electron chi connectivity index (χ3n) is 2.56. The second kappa shape index (κ2) is 5.65. The van der Waals surface area contributed by atoms with Crippen molar-refractivity contribution in [2.45, 2.75) is 13.5 Å². The van der Waals surface area contributed by atoms with Gasteiger partial charge in [-0.2, -0.15) is 0 Å². The van der Waals surface area contributed by atoms with Crippen LogP contribution in [0.5, 0.6) is 0 Å². The van der Waals surface area contributed by atoms with E-state index in [0.29, 0.717) is 17.3 Å².